The molecule has 0 aliphatic rings. The van der Waals surface area contributed by atoms with Crippen molar-refractivity contribution in [1.29, 1.82) is 0 Å². The Morgan fingerprint density at radius 1 is 1.15 bits per heavy atom. The van der Waals surface area contributed by atoms with Gasteiger partial charge in [-0.25, -0.2) is 0 Å². The first-order chi connectivity index (χ1) is 13.0. The van der Waals surface area contributed by atoms with Gasteiger partial charge in [0.05, 0.1) is 10.3 Å². The van der Waals surface area contributed by atoms with Crippen LogP contribution in [0.4, 0.5) is 0 Å². The third-order valence-electron chi connectivity index (χ3n) is 4.22. The van der Waals surface area contributed by atoms with Crippen LogP contribution < -0.4 is 0 Å². The van der Waals surface area contributed by atoms with Crippen molar-refractivity contribution in [1.82, 2.24) is 19.7 Å². The Kier molecular flexibility index (Phi) is 6.19. The van der Waals surface area contributed by atoms with E-state index in [1.165, 1.54) is 11.8 Å². The fourth-order valence-electron chi connectivity index (χ4n) is 2.75. The molecule has 140 valence electrons. The maximum absolute atomic E-state index is 12.7. The second-order valence-corrected chi connectivity index (χ2v) is 8.00. The molecule has 0 aliphatic heterocycles. The molecule has 0 spiro atoms. The molecule has 0 fully saturated rings. The number of hydrogen-bond donors (Lipinski definition) is 0. The molecule has 1 unspecified atom stereocenters. The zero-order valence-corrected chi connectivity index (χ0v) is 17.0. The van der Waals surface area contributed by atoms with Crippen LogP contribution in [0.2, 0.25) is 5.02 Å². The fraction of sp³-hybridized carbons (Fsp3) is 0.250. The largest absolute Gasteiger partial charge is 0.340 e. The molecule has 0 saturated carbocycles. The predicted octanol–water partition coefficient (Wildman–Crippen LogP) is 4.27. The highest BCUT2D eigenvalue weighted by atomic mass is 35.5. The second kappa shape index (κ2) is 8.59. The van der Waals surface area contributed by atoms with Crippen LogP contribution in [0.1, 0.15) is 12.5 Å². The van der Waals surface area contributed by atoms with Crippen molar-refractivity contribution in [2.24, 2.45) is 7.05 Å². The Morgan fingerprint density at radius 3 is 2.52 bits per heavy atom. The molecule has 0 radical (unpaired) electrons. The van der Waals surface area contributed by atoms with E-state index in [4.69, 9.17) is 11.6 Å². The third kappa shape index (κ3) is 4.51. The highest BCUT2D eigenvalue weighted by molar-refractivity contribution is 8.00. The maximum Gasteiger partial charge on any atom is 0.235 e. The first-order valence-electron chi connectivity index (χ1n) is 8.57. The van der Waals surface area contributed by atoms with Crippen molar-refractivity contribution in [3.63, 3.8) is 0 Å². The molecule has 0 saturated heterocycles. The number of carbonyl (C=O) groups excluding carboxylic acids is 1. The van der Waals surface area contributed by atoms with Gasteiger partial charge in [-0.1, -0.05) is 65.8 Å². The standard InChI is InChI=1S/C20H21ClN4OS/c1-14(19(26)24(2)13-15-9-5-4-6-10-15)27-20-23-22-18(25(20)3)16-11-7-8-12-17(16)21/h4-12,14H,13H2,1-3H3. The van der Waals surface area contributed by atoms with E-state index in [0.29, 0.717) is 22.5 Å². The minimum Gasteiger partial charge on any atom is -0.340 e. The van der Waals surface area contributed by atoms with Crippen LogP contribution in [0.3, 0.4) is 0 Å². The van der Waals surface area contributed by atoms with E-state index in [2.05, 4.69) is 10.2 Å². The summed E-state index contributed by atoms with van der Waals surface area (Å²) in [7, 11) is 3.70. The monoisotopic (exact) mass is 400 g/mol. The lowest BCUT2D eigenvalue weighted by molar-refractivity contribution is -0.129. The Morgan fingerprint density at radius 2 is 1.81 bits per heavy atom. The van der Waals surface area contributed by atoms with Gasteiger partial charge in [-0.3, -0.25) is 4.79 Å². The Bertz CT molecular complexity index is 929. The summed E-state index contributed by atoms with van der Waals surface area (Å²) in [4.78, 5) is 14.5. The first kappa shape index (κ1) is 19.5. The van der Waals surface area contributed by atoms with Crippen LogP contribution >= 0.6 is 23.4 Å². The minimum atomic E-state index is -0.277. The summed E-state index contributed by atoms with van der Waals surface area (Å²) >= 11 is 7.66. The van der Waals surface area contributed by atoms with E-state index >= 15 is 0 Å². The average Bonchev–Trinajstić information content (AvgIpc) is 3.02. The molecule has 0 bridgehead atoms. The molecule has 1 atom stereocenters. The van der Waals surface area contributed by atoms with Gasteiger partial charge in [-0.05, 0) is 24.6 Å². The normalized spacial score (nSPS) is 12.0. The van der Waals surface area contributed by atoms with Gasteiger partial charge in [0.15, 0.2) is 11.0 Å². The lowest BCUT2D eigenvalue weighted by Gasteiger charge is -2.21. The lowest BCUT2D eigenvalue weighted by atomic mass is 10.2. The Balaban J connectivity index is 1.70. The molecule has 0 N–H and O–H groups in total. The molecule has 7 heteroatoms. The average molecular weight is 401 g/mol. The summed E-state index contributed by atoms with van der Waals surface area (Å²) in [5.74, 6) is 0.728. The minimum absolute atomic E-state index is 0.0474. The molecule has 0 aliphatic carbocycles. The van der Waals surface area contributed by atoms with Crippen LogP contribution in [0.25, 0.3) is 11.4 Å². The summed E-state index contributed by atoms with van der Waals surface area (Å²) in [5, 5.41) is 9.52. The molecule has 1 heterocycles. The summed E-state index contributed by atoms with van der Waals surface area (Å²) < 4.78 is 1.87. The van der Waals surface area contributed by atoms with Gasteiger partial charge in [0.1, 0.15) is 0 Å². The Hall–Kier alpha value is -2.31. The van der Waals surface area contributed by atoms with Crippen LogP contribution in [-0.2, 0) is 18.4 Å². The quantitative estimate of drug-likeness (QED) is 0.579. The molecule has 27 heavy (non-hydrogen) atoms. The number of benzene rings is 2. The highest BCUT2D eigenvalue weighted by Crippen LogP contribution is 2.30. The summed E-state index contributed by atoms with van der Waals surface area (Å²) in [6.07, 6.45) is 0. The summed E-state index contributed by atoms with van der Waals surface area (Å²) in [6, 6.07) is 17.5. The van der Waals surface area contributed by atoms with Crippen molar-refractivity contribution >= 4 is 29.3 Å². The number of halogens is 1. The van der Waals surface area contributed by atoms with E-state index in [0.717, 1.165) is 11.1 Å². The zero-order chi connectivity index (χ0) is 19.4. The van der Waals surface area contributed by atoms with Gasteiger partial charge in [0, 0.05) is 26.2 Å². The fourth-order valence-corrected chi connectivity index (χ4v) is 3.90. The number of hydrogen-bond acceptors (Lipinski definition) is 4. The topological polar surface area (TPSA) is 51.0 Å². The summed E-state index contributed by atoms with van der Waals surface area (Å²) in [5.41, 5.74) is 1.92. The second-order valence-electron chi connectivity index (χ2n) is 6.29. The molecule has 3 rings (SSSR count). The number of thioether (sulfide) groups is 1. The SMILES string of the molecule is CC(Sc1nnc(-c2ccccc2Cl)n1C)C(=O)N(C)Cc1ccccc1. The number of carbonyl (C=O) groups is 1. The molecule has 3 aromatic rings. The van der Waals surface area contributed by atoms with Crippen LogP contribution in [0, 0.1) is 0 Å². The van der Waals surface area contributed by atoms with Crippen molar-refractivity contribution < 1.29 is 4.79 Å². The number of amides is 1. The van der Waals surface area contributed by atoms with E-state index < -0.39 is 0 Å². The molecule has 1 amide bonds. The number of aromatic nitrogens is 3. The van der Waals surface area contributed by atoms with E-state index in [1.807, 2.05) is 80.2 Å². The molecule has 2 aromatic carbocycles. The van der Waals surface area contributed by atoms with Crippen molar-refractivity contribution in [2.75, 3.05) is 7.05 Å². The van der Waals surface area contributed by atoms with Gasteiger partial charge >= 0.3 is 0 Å². The number of nitrogens with zero attached hydrogens (tertiary/aromatic N) is 4. The van der Waals surface area contributed by atoms with Gasteiger partial charge in [0.2, 0.25) is 5.91 Å². The van der Waals surface area contributed by atoms with Gasteiger partial charge in [0.25, 0.3) is 0 Å². The van der Waals surface area contributed by atoms with Crippen LogP contribution in [0.5, 0.6) is 0 Å². The van der Waals surface area contributed by atoms with Crippen LogP contribution in [-0.4, -0.2) is 37.9 Å². The molecular formula is C20H21ClN4OS. The van der Waals surface area contributed by atoms with E-state index in [1.54, 1.807) is 4.90 Å². The molecular weight excluding hydrogens is 380 g/mol. The highest BCUT2D eigenvalue weighted by Gasteiger charge is 2.22. The smallest absolute Gasteiger partial charge is 0.235 e. The van der Waals surface area contributed by atoms with Crippen LogP contribution in [0.15, 0.2) is 59.8 Å². The van der Waals surface area contributed by atoms with Crippen molar-refractivity contribution in [3.8, 4) is 11.4 Å². The third-order valence-corrected chi connectivity index (χ3v) is 5.67. The van der Waals surface area contributed by atoms with Crippen molar-refractivity contribution in [2.45, 2.75) is 23.9 Å². The first-order valence-corrected chi connectivity index (χ1v) is 9.83. The van der Waals surface area contributed by atoms with E-state index in [9.17, 15) is 4.79 Å². The number of rotatable bonds is 6. The zero-order valence-electron chi connectivity index (χ0n) is 15.5. The summed E-state index contributed by atoms with van der Waals surface area (Å²) in [6.45, 7) is 2.46. The van der Waals surface area contributed by atoms with Gasteiger partial charge in [-0.2, -0.15) is 0 Å². The van der Waals surface area contributed by atoms with E-state index in [-0.39, 0.29) is 11.2 Å². The van der Waals surface area contributed by atoms with Crippen molar-refractivity contribution in [3.05, 3.63) is 65.2 Å². The van der Waals surface area contributed by atoms with Gasteiger partial charge in [-0.15, -0.1) is 10.2 Å². The maximum atomic E-state index is 12.7. The molecule has 1 aromatic heterocycles. The van der Waals surface area contributed by atoms with Gasteiger partial charge < -0.3 is 9.47 Å². The Labute approximate surface area is 168 Å². The molecule has 5 nitrogen and oxygen atoms in total. The predicted molar refractivity (Wildman–Crippen MR) is 110 cm³/mol. The lowest BCUT2D eigenvalue weighted by Crippen LogP contribution is -2.32.